The average molecular weight is 264 g/mol. The minimum Gasteiger partial charge on any atom is -0.492 e. The molecular weight excluding hydrogens is 249 g/mol. The number of nitrogens with two attached hydrogens (primary N) is 1. The van der Waals surface area contributed by atoms with Crippen molar-refractivity contribution in [1.82, 2.24) is 0 Å². The molecule has 1 aromatic rings. The lowest BCUT2D eigenvalue weighted by molar-refractivity contribution is 0.0453. The summed E-state index contributed by atoms with van der Waals surface area (Å²) in [6, 6.07) is 5.17. The Hall–Kier alpha value is -0.480. The Morgan fingerprint density at radius 3 is 2.75 bits per heavy atom. The molecule has 0 saturated heterocycles. The summed E-state index contributed by atoms with van der Waals surface area (Å²) in [6.45, 7) is 2.19. The predicted molar refractivity (Wildman–Crippen MR) is 66.3 cm³/mol. The number of rotatable bonds is 5. The van der Waals surface area contributed by atoms with Gasteiger partial charge < -0.3 is 15.6 Å². The highest BCUT2D eigenvalue weighted by Crippen LogP contribution is 2.31. The fourth-order valence-electron chi connectivity index (χ4n) is 1.08. The summed E-state index contributed by atoms with van der Waals surface area (Å²) >= 11 is 11.8. The number of hydrogen-bond acceptors (Lipinski definition) is 3. The van der Waals surface area contributed by atoms with E-state index in [0.717, 1.165) is 0 Å². The number of ether oxygens (including phenoxy) is 1. The molecule has 0 aliphatic carbocycles. The van der Waals surface area contributed by atoms with Gasteiger partial charge in [-0.25, -0.2) is 0 Å². The van der Waals surface area contributed by atoms with Crippen molar-refractivity contribution in [3.05, 3.63) is 28.2 Å². The second kappa shape index (κ2) is 5.73. The summed E-state index contributed by atoms with van der Waals surface area (Å²) < 4.78 is 5.42. The largest absolute Gasteiger partial charge is 0.492 e. The van der Waals surface area contributed by atoms with Crippen LogP contribution in [0, 0.1) is 0 Å². The summed E-state index contributed by atoms with van der Waals surface area (Å²) in [5.41, 5.74) is 4.48. The summed E-state index contributed by atoms with van der Waals surface area (Å²) in [5, 5.41) is 10.5. The minimum atomic E-state index is -0.912. The van der Waals surface area contributed by atoms with Gasteiger partial charge in [-0.3, -0.25) is 0 Å². The average Bonchev–Trinajstić information content (AvgIpc) is 2.24. The maximum absolute atomic E-state index is 9.66. The second-order valence-corrected chi connectivity index (χ2v) is 4.64. The maximum atomic E-state index is 9.66. The number of hydrogen-bond donors (Lipinski definition) is 2. The van der Waals surface area contributed by atoms with E-state index >= 15 is 0 Å². The van der Waals surface area contributed by atoms with Crippen molar-refractivity contribution in [3.63, 3.8) is 0 Å². The van der Waals surface area contributed by atoms with E-state index < -0.39 is 5.60 Å². The molecule has 16 heavy (non-hydrogen) atoms. The standard InChI is InChI=1S/C11H15Cl2NO2/c1-11(15,7-14)5-6-16-9-4-2-3-8(12)10(9)13/h2-4,15H,5-7,14H2,1H3. The van der Waals surface area contributed by atoms with E-state index in [9.17, 15) is 5.11 Å². The van der Waals surface area contributed by atoms with Crippen LogP contribution in [0.2, 0.25) is 10.0 Å². The van der Waals surface area contributed by atoms with Crippen LogP contribution in [0.1, 0.15) is 13.3 Å². The van der Waals surface area contributed by atoms with E-state index in [2.05, 4.69) is 0 Å². The molecule has 5 heteroatoms. The Labute approximate surface area is 105 Å². The topological polar surface area (TPSA) is 55.5 Å². The fraction of sp³-hybridized carbons (Fsp3) is 0.455. The fourth-order valence-corrected chi connectivity index (χ4v) is 1.42. The van der Waals surface area contributed by atoms with E-state index in [1.54, 1.807) is 25.1 Å². The van der Waals surface area contributed by atoms with Gasteiger partial charge >= 0.3 is 0 Å². The summed E-state index contributed by atoms with van der Waals surface area (Å²) in [6.07, 6.45) is 0.437. The summed E-state index contributed by atoms with van der Waals surface area (Å²) in [5.74, 6) is 0.516. The predicted octanol–water partition coefficient (Wildman–Crippen LogP) is 2.47. The number of halogens is 2. The van der Waals surface area contributed by atoms with Crippen molar-refractivity contribution < 1.29 is 9.84 Å². The van der Waals surface area contributed by atoms with E-state index in [0.29, 0.717) is 28.8 Å². The molecule has 90 valence electrons. The molecule has 3 nitrogen and oxygen atoms in total. The number of aliphatic hydroxyl groups is 1. The molecule has 1 unspecified atom stereocenters. The van der Waals surface area contributed by atoms with Crippen LogP contribution in [0.5, 0.6) is 5.75 Å². The van der Waals surface area contributed by atoms with Gasteiger partial charge in [0.25, 0.3) is 0 Å². The van der Waals surface area contributed by atoms with Gasteiger partial charge in [-0.15, -0.1) is 0 Å². The molecule has 0 fully saturated rings. The van der Waals surface area contributed by atoms with Crippen molar-refractivity contribution in [2.45, 2.75) is 18.9 Å². The zero-order chi connectivity index (χ0) is 12.2. The van der Waals surface area contributed by atoms with Crippen molar-refractivity contribution in [2.24, 2.45) is 5.73 Å². The lowest BCUT2D eigenvalue weighted by Gasteiger charge is -2.21. The first-order valence-electron chi connectivity index (χ1n) is 4.95. The lowest BCUT2D eigenvalue weighted by atomic mass is 10.0. The first-order chi connectivity index (χ1) is 7.46. The van der Waals surface area contributed by atoms with Crippen LogP contribution in [0.15, 0.2) is 18.2 Å². The molecular formula is C11H15Cl2NO2. The van der Waals surface area contributed by atoms with E-state index in [-0.39, 0.29) is 6.54 Å². The normalized spacial score (nSPS) is 14.6. The Kier molecular flexibility index (Phi) is 4.87. The van der Waals surface area contributed by atoms with Crippen LogP contribution in [-0.4, -0.2) is 23.9 Å². The van der Waals surface area contributed by atoms with E-state index in [1.165, 1.54) is 0 Å². The zero-order valence-electron chi connectivity index (χ0n) is 9.04. The molecule has 0 aromatic heterocycles. The third-order valence-electron chi connectivity index (χ3n) is 2.25. The molecule has 0 amide bonds. The molecule has 1 aromatic carbocycles. The SMILES string of the molecule is CC(O)(CN)CCOc1cccc(Cl)c1Cl. The zero-order valence-corrected chi connectivity index (χ0v) is 10.6. The summed E-state index contributed by atoms with van der Waals surface area (Å²) in [4.78, 5) is 0. The van der Waals surface area contributed by atoms with Gasteiger partial charge in [-0.1, -0.05) is 29.3 Å². The Balaban J connectivity index is 2.53. The van der Waals surface area contributed by atoms with Gasteiger partial charge in [-0.05, 0) is 19.1 Å². The van der Waals surface area contributed by atoms with E-state index in [1.807, 2.05) is 0 Å². The smallest absolute Gasteiger partial charge is 0.139 e. The van der Waals surface area contributed by atoms with E-state index in [4.69, 9.17) is 33.7 Å². The lowest BCUT2D eigenvalue weighted by Crippen LogP contribution is -2.35. The molecule has 0 aliphatic heterocycles. The van der Waals surface area contributed by atoms with Gasteiger partial charge in [0, 0.05) is 13.0 Å². The molecule has 0 spiro atoms. The quantitative estimate of drug-likeness (QED) is 0.858. The molecule has 0 saturated carbocycles. The first-order valence-corrected chi connectivity index (χ1v) is 5.71. The Bertz CT molecular complexity index is 356. The van der Waals surface area contributed by atoms with Gasteiger partial charge in [0.1, 0.15) is 10.8 Å². The highest BCUT2D eigenvalue weighted by Gasteiger charge is 2.18. The van der Waals surface area contributed by atoms with Crippen LogP contribution in [-0.2, 0) is 0 Å². The summed E-state index contributed by atoms with van der Waals surface area (Å²) in [7, 11) is 0. The van der Waals surface area contributed by atoms with Gasteiger partial charge in [-0.2, -0.15) is 0 Å². The van der Waals surface area contributed by atoms with Crippen LogP contribution in [0.3, 0.4) is 0 Å². The maximum Gasteiger partial charge on any atom is 0.139 e. The molecule has 0 radical (unpaired) electrons. The highest BCUT2D eigenvalue weighted by molar-refractivity contribution is 6.42. The highest BCUT2D eigenvalue weighted by atomic mass is 35.5. The van der Waals surface area contributed by atoms with Gasteiger partial charge in [0.2, 0.25) is 0 Å². The molecule has 1 rings (SSSR count). The molecule has 3 N–H and O–H groups in total. The molecule has 1 atom stereocenters. The minimum absolute atomic E-state index is 0.194. The van der Waals surface area contributed by atoms with Gasteiger partial charge in [0.05, 0.1) is 17.2 Å². The van der Waals surface area contributed by atoms with Crippen LogP contribution < -0.4 is 10.5 Å². The van der Waals surface area contributed by atoms with Gasteiger partial charge in [0.15, 0.2) is 0 Å². The number of benzene rings is 1. The first kappa shape index (κ1) is 13.6. The molecule has 0 bridgehead atoms. The van der Waals surface area contributed by atoms with Crippen LogP contribution >= 0.6 is 23.2 Å². The monoisotopic (exact) mass is 263 g/mol. The second-order valence-electron chi connectivity index (χ2n) is 3.85. The third-order valence-corrected chi connectivity index (χ3v) is 3.06. The van der Waals surface area contributed by atoms with Crippen LogP contribution in [0.4, 0.5) is 0 Å². The third kappa shape index (κ3) is 3.83. The Morgan fingerprint density at radius 2 is 2.12 bits per heavy atom. The molecule has 0 heterocycles. The molecule has 0 aliphatic rings. The Morgan fingerprint density at radius 1 is 1.44 bits per heavy atom. The van der Waals surface area contributed by atoms with Crippen molar-refractivity contribution >= 4 is 23.2 Å². The van der Waals surface area contributed by atoms with Crippen molar-refractivity contribution in [2.75, 3.05) is 13.2 Å². The van der Waals surface area contributed by atoms with Crippen molar-refractivity contribution in [3.8, 4) is 5.75 Å². The van der Waals surface area contributed by atoms with Crippen LogP contribution in [0.25, 0.3) is 0 Å². The van der Waals surface area contributed by atoms with Crippen molar-refractivity contribution in [1.29, 1.82) is 0 Å².